The van der Waals surface area contributed by atoms with Gasteiger partial charge in [-0.1, -0.05) is 6.08 Å². The number of carbonyl (C=O) groups excluding carboxylic acids is 1. The third kappa shape index (κ3) is 5.83. The molecule has 0 radical (unpaired) electrons. The summed E-state index contributed by atoms with van der Waals surface area (Å²) >= 11 is 0. The van der Waals surface area contributed by atoms with Crippen LogP contribution in [0, 0.1) is 46.8 Å². The Hall–Kier alpha value is -2.08. The Kier molecular flexibility index (Phi) is 8.06. The summed E-state index contributed by atoms with van der Waals surface area (Å²) in [5.74, 6) is 5.01. The molecule has 0 unspecified atom stereocenters. The second kappa shape index (κ2) is 11.2. The highest BCUT2D eigenvalue weighted by Gasteiger charge is 2.36. The Balaban J connectivity index is 1.17. The van der Waals surface area contributed by atoms with Crippen molar-refractivity contribution in [2.45, 2.75) is 83.5 Å². The van der Waals surface area contributed by atoms with Crippen LogP contribution in [0.3, 0.4) is 0 Å². The van der Waals surface area contributed by atoms with Gasteiger partial charge in [-0.3, -0.25) is 4.79 Å². The van der Waals surface area contributed by atoms with Gasteiger partial charge in [0.1, 0.15) is 5.75 Å². The van der Waals surface area contributed by atoms with Crippen molar-refractivity contribution in [3.63, 3.8) is 0 Å². The molecule has 3 saturated carbocycles. The number of hydrogen-bond acceptors (Lipinski definition) is 3. The van der Waals surface area contributed by atoms with E-state index in [2.05, 4.69) is 18.7 Å². The van der Waals surface area contributed by atoms with Gasteiger partial charge in [-0.15, -0.1) is 6.58 Å². The van der Waals surface area contributed by atoms with Crippen molar-refractivity contribution in [3.05, 3.63) is 42.5 Å². The minimum absolute atomic E-state index is 0.0315. The average Bonchev–Trinajstić information content (AvgIpc) is 2.85. The normalized spacial score (nSPS) is 33.1. The highest BCUT2D eigenvalue weighted by atomic mass is 16.5. The lowest BCUT2D eigenvalue weighted by Gasteiger charge is -2.41. The number of nitrogens with zero attached hydrogens (tertiary/aromatic N) is 1. The van der Waals surface area contributed by atoms with E-state index in [1.807, 2.05) is 0 Å². The van der Waals surface area contributed by atoms with E-state index in [9.17, 15) is 4.79 Å². The number of allylic oxidation sites excluding steroid dienone is 1. The van der Waals surface area contributed by atoms with Crippen LogP contribution in [-0.4, -0.2) is 5.97 Å². The molecule has 3 fully saturated rings. The molecule has 3 nitrogen and oxygen atoms in total. The van der Waals surface area contributed by atoms with E-state index in [-0.39, 0.29) is 11.9 Å². The Morgan fingerprint density at radius 2 is 1.31 bits per heavy atom. The van der Waals surface area contributed by atoms with E-state index in [1.54, 1.807) is 24.3 Å². The molecule has 0 heterocycles. The average molecular weight is 434 g/mol. The fourth-order valence-electron chi connectivity index (χ4n) is 6.84. The molecule has 0 atom stereocenters. The molecule has 0 N–H and O–H groups in total. The van der Waals surface area contributed by atoms with Crippen molar-refractivity contribution >= 4 is 5.97 Å². The van der Waals surface area contributed by atoms with Gasteiger partial charge in [-0.2, -0.15) is 5.26 Å². The molecular formula is C29H39NO2. The third-order valence-electron chi connectivity index (χ3n) is 8.85. The summed E-state index contributed by atoms with van der Waals surface area (Å²) in [6.07, 6.45) is 19.0. The number of hydrogen-bond donors (Lipinski definition) is 0. The number of carbonyl (C=O) groups is 1. The van der Waals surface area contributed by atoms with Crippen LogP contribution < -0.4 is 4.74 Å². The smallest absolute Gasteiger partial charge is 0.314 e. The first-order valence-corrected chi connectivity index (χ1v) is 13.0. The van der Waals surface area contributed by atoms with Crippen molar-refractivity contribution in [2.75, 3.05) is 0 Å². The van der Waals surface area contributed by atoms with Crippen molar-refractivity contribution in [3.8, 4) is 11.8 Å². The van der Waals surface area contributed by atoms with E-state index in [0.717, 1.165) is 42.4 Å². The molecule has 0 aliphatic heterocycles. The summed E-state index contributed by atoms with van der Waals surface area (Å²) < 4.78 is 5.58. The highest BCUT2D eigenvalue weighted by molar-refractivity contribution is 5.75. The number of benzene rings is 1. The maximum absolute atomic E-state index is 12.6. The first kappa shape index (κ1) is 23.1. The highest BCUT2D eigenvalue weighted by Crippen LogP contribution is 2.46. The van der Waals surface area contributed by atoms with Gasteiger partial charge in [-0.25, -0.2) is 0 Å². The van der Waals surface area contributed by atoms with Crippen LogP contribution in [0.2, 0.25) is 0 Å². The van der Waals surface area contributed by atoms with Gasteiger partial charge in [0.2, 0.25) is 0 Å². The molecule has 0 spiro atoms. The molecule has 3 aliphatic rings. The molecule has 0 bridgehead atoms. The minimum atomic E-state index is -0.0936. The second-order valence-corrected chi connectivity index (χ2v) is 10.6. The second-order valence-electron chi connectivity index (χ2n) is 10.6. The van der Waals surface area contributed by atoms with Crippen molar-refractivity contribution in [1.29, 1.82) is 5.26 Å². The van der Waals surface area contributed by atoms with E-state index < -0.39 is 0 Å². The Morgan fingerprint density at radius 1 is 0.844 bits per heavy atom. The molecule has 3 aliphatic carbocycles. The van der Waals surface area contributed by atoms with Crippen LogP contribution in [0.1, 0.15) is 89.0 Å². The standard InChI is InChI=1S/C29H39NO2/c1-2-3-21-4-8-23(9-5-21)24-10-12-25(13-11-24)26-14-16-27(17-15-26)29(31)32-28-18-6-22(20-30)7-19-28/h2,6-7,18-19,21,23-27H,1,3-5,8-17H2. The Morgan fingerprint density at radius 3 is 1.78 bits per heavy atom. The van der Waals surface area contributed by atoms with Crippen LogP contribution >= 0.6 is 0 Å². The Bertz CT molecular complexity index is 783. The molecule has 0 saturated heterocycles. The molecule has 32 heavy (non-hydrogen) atoms. The van der Waals surface area contributed by atoms with E-state index >= 15 is 0 Å². The molecule has 4 rings (SSSR count). The summed E-state index contributed by atoms with van der Waals surface area (Å²) in [6.45, 7) is 3.92. The van der Waals surface area contributed by atoms with Gasteiger partial charge in [0.05, 0.1) is 17.6 Å². The predicted molar refractivity (Wildman–Crippen MR) is 128 cm³/mol. The van der Waals surface area contributed by atoms with Gasteiger partial charge >= 0.3 is 5.97 Å². The number of ether oxygens (including phenoxy) is 1. The lowest BCUT2D eigenvalue weighted by atomic mass is 9.65. The van der Waals surface area contributed by atoms with Gasteiger partial charge in [0, 0.05) is 0 Å². The number of nitriles is 1. The maximum Gasteiger partial charge on any atom is 0.314 e. The zero-order valence-corrected chi connectivity index (χ0v) is 19.5. The van der Waals surface area contributed by atoms with E-state index in [4.69, 9.17) is 10.00 Å². The van der Waals surface area contributed by atoms with Crippen LogP contribution in [0.25, 0.3) is 0 Å². The summed E-state index contributed by atoms with van der Waals surface area (Å²) in [7, 11) is 0. The predicted octanol–water partition coefficient (Wildman–Crippen LogP) is 7.46. The van der Waals surface area contributed by atoms with Crippen LogP contribution in [0.4, 0.5) is 0 Å². The number of rotatable bonds is 6. The fourth-order valence-corrected chi connectivity index (χ4v) is 6.84. The van der Waals surface area contributed by atoms with Gasteiger partial charge in [-0.05, 0) is 137 Å². The zero-order valence-electron chi connectivity index (χ0n) is 19.5. The molecule has 1 aromatic carbocycles. The molecule has 0 aromatic heterocycles. The van der Waals surface area contributed by atoms with Gasteiger partial charge in [0.15, 0.2) is 0 Å². The van der Waals surface area contributed by atoms with Gasteiger partial charge in [0.25, 0.3) is 0 Å². The maximum atomic E-state index is 12.6. The minimum Gasteiger partial charge on any atom is -0.426 e. The SMILES string of the molecule is C=CCC1CCC(C2CCC(C3CCC(C(=O)Oc4ccc(C#N)cc4)CC3)CC2)CC1. The molecule has 0 amide bonds. The molecule has 172 valence electrons. The zero-order chi connectivity index (χ0) is 22.3. The van der Waals surface area contributed by atoms with Crippen LogP contribution in [0.15, 0.2) is 36.9 Å². The Labute approximate surface area is 194 Å². The van der Waals surface area contributed by atoms with E-state index in [1.165, 1.54) is 70.6 Å². The lowest BCUT2D eigenvalue weighted by Crippen LogP contribution is -2.31. The van der Waals surface area contributed by atoms with Crippen molar-refractivity contribution in [1.82, 2.24) is 0 Å². The van der Waals surface area contributed by atoms with Crippen LogP contribution in [0.5, 0.6) is 5.75 Å². The first-order chi connectivity index (χ1) is 15.7. The molecule has 3 heteroatoms. The summed E-state index contributed by atoms with van der Waals surface area (Å²) in [6, 6.07) is 8.91. The molecule has 1 aromatic rings. The fraction of sp³-hybridized carbons (Fsp3) is 0.655. The van der Waals surface area contributed by atoms with Gasteiger partial charge < -0.3 is 4.74 Å². The number of esters is 1. The van der Waals surface area contributed by atoms with Crippen molar-refractivity contribution < 1.29 is 9.53 Å². The summed E-state index contributed by atoms with van der Waals surface area (Å²) in [5.41, 5.74) is 0.584. The summed E-state index contributed by atoms with van der Waals surface area (Å²) in [5, 5.41) is 8.89. The quantitative estimate of drug-likeness (QED) is 0.266. The van der Waals surface area contributed by atoms with E-state index in [0.29, 0.717) is 11.3 Å². The first-order valence-electron chi connectivity index (χ1n) is 13.0. The topological polar surface area (TPSA) is 50.1 Å². The third-order valence-corrected chi connectivity index (χ3v) is 8.85. The summed E-state index contributed by atoms with van der Waals surface area (Å²) in [4.78, 5) is 12.6. The lowest BCUT2D eigenvalue weighted by molar-refractivity contribution is -0.140. The monoisotopic (exact) mass is 433 g/mol. The van der Waals surface area contributed by atoms with Crippen molar-refractivity contribution in [2.24, 2.45) is 35.5 Å². The van der Waals surface area contributed by atoms with Crippen LogP contribution in [-0.2, 0) is 4.79 Å². The molecular weight excluding hydrogens is 394 g/mol. The largest absolute Gasteiger partial charge is 0.426 e.